The molecule has 32 heavy (non-hydrogen) atoms. The maximum atomic E-state index is 5.69. The predicted molar refractivity (Wildman–Crippen MR) is 128 cm³/mol. The second-order valence-corrected chi connectivity index (χ2v) is 8.52. The van der Waals surface area contributed by atoms with E-state index in [-0.39, 0.29) is 0 Å². The Balaban J connectivity index is 1.47. The van der Waals surface area contributed by atoms with Gasteiger partial charge in [0, 0.05) is 16.9 Å². The molecule has 0 saturated carbocycles. The molecule has 0 atom stereocenters. The van der Waals surface area contributed by atoms with E-state index in [1.165, 1.54) is 11.1 Å². The van der Waals surface area contributed by atoms with Crippen LogP contribution in [0.3, 0.4) is 0 Å². The number of nitrogens with zero attached hydrogens (tertiary/aromatic N) is 4. The predicted octanol–water partition coefficient (Wildman–Crippen LogP) is 6.50. The van der Waals surface area contributed by atoms with Crippen LogP contribution in [0.25, 0.3) is 28.5 Å². The molecule has 0 amide bonds. The first kappa shape index (κ1) is 20.3. The summed E-state index contributed by atoms with van der Waals surface area (Å²) in [5.74, 6) is 2.08. The lowest BCUT2D eigenvalue weighted by atomic mass is 10.1. The minimum Gasteiger partial charge on any atom is -0.444 e. The van der Waals surface area contributed by atoms with Gasteiger partial charge in [-0.15, -0.1) is 10.2 Å². The number of rotatable bonds is 6. The van der Waals surface area contributed by atoms with Gasteiger partial charge in [-0.3, -0.25) is 4.57 Å². The minimum absolute atomic E-state index is 0.627. The van der Waals surface area contributed by atoms with Gasteiger partial charge in [-0.2, -0.15) is 0 Å². The molecule has 0 aliphatic rings. The van der Waals surface area contributed by atoms with E-state index in [2.05, 4.69) is 63.9 Å². The standard InChI is InChI=1S/C26H22N4OS/c1-18-13-14-23(15-19(18)2)30-24(20-9-5-3-6-10-20)28-29-26(30)32-17-22-16-31-25(27-22)21-11-7-4-8-12-21/h3-16H,17H2,1-2H3. The maximum absolute atomic E-state index is 5.69. The van der Waals surface area contributed by atoms with Crippen LogP contribution in [0.15, 0.2) is 94.7 Å². The van der Waals surface area contributed by atoms with Crippen LogP contribution in [0.5, 0.6) is 0 Å². The van der Waals surface area contributed by atoms with Gasteiger partial charge in [0.1, 0.15) is 6.26 Å². The van der Waals surface area contributed by atoms with Gasteiger partial charge in [0.25, 0.3) is 0 Å². The van der Waals surface area contributed by atoms with Crippen molar-refractivity contribution in [2.24, 2.45) is 0 Å². The Morgan fingerprint density at radius 1 is 0.812 bits per heavy atom. The van der Waals surface area contributed by atoms with E-state index in [0.717, 1.165) is 33.5 Å². The molecule has 2 aromatic heterocycles. The monoisotopic (exact) mass is 438 g/mol. The van der Waals surface area contributed by atoms with Crippen molar-refractivity contribution in [2.75, 3.05) is 0 Å². The van der Waals surface area contributed by atoms with Gasteiger partial charge in [-0.25, -0.2) is 4.98 Å². The van der Waals surface area contributed by atoms with Crippen molar-refractivity contribution in [2.45, 2.75) is 24.8 Å². The van der Waals surface area contributed by atoms with Crippen molar-refractivity contribution >= 4 is 11.8 Å². The first-order valence-electron chi connectivity index (χ1n) is 10.4. The van der Waals surface area contributed by atoms with Crippen LogP contribution in [0.2, 0.25) is 0 Å². The third-order valence-electron chi connectivity index (χ3n) is 5.34. The fraction of sp³-hybridized carbons (Fsp3) is 0.115. The van der Waals surface area contributed by atoms with Gasteiger partial charge in [0.2, 0.25) is 5.89 Å². The summed E-state index contributed by atoms with van der Waals surface area (Å²) < 4.78 is 7.81. The highest BCUT2D eigenvalue weighted by molar-refractivity contribution is 7.98. The summed E-state index contributed by atoms with van der Waals surface area (Å²) in [5, 5.41) is 9.86. The molecular formula is C26H22N4OS. The van der Waals surface area contributed by atoms with Gasteiger partial charge < -0.3 is 4.42 Å². The van der Waals surface area contributed by atoms with Crippen molar-refractivity contribution in [3.63, 3.8) is 0 Å². The second-order valence-electron chi connectivity index (χ2n) is 7.57. The summed E-state index contributed by atoms with van der Waals surface area (Å²) >= 11 is 1.60. The first-order valence-corrected chi connectivity index (χ1v) is 11.4. The highest BCUT2D eigenvalue weighted by Crippen LogP contribution is 2.31. The molecule has 2 heterocycles. The summed E-state index contributed by atoms with van der Waals surface area (Å²) in [6.07, 6.45) is 1.71. The van der Waals surface area contributed by atoms with E-state index in [0.29, 0.717) is 11.6 Å². The van der Waals surface area contributed by atoms with Crippen molar-refractivity contribution in [1.29, 1.82) is 0 Å². The Morgan fingerprint density at radius 2 is 1.53 bits per heavy atom. The van der Waals surface area contributed by atoms with Crippen LogP contribution < -0.4 is 0 Å². The number of benzene rings is 3. The average molecular weight is 439 g/mol. The summed E-state index contributed by atoms with van der Waals surface area (Å²) in [6, 6.07) is 26.5. The van der Waals surface area contributed by atoms with E-state index in [1.807, 2.05) is 48.5 Å². The maximum Gasteiger partial charge on any atom is 0.226 e. The van der Waals surface area contributed by atoms with E-state index in [4.69, 9.17) is 4.42 Å². The molecule has 3 aromatic carbocycles. The van der Waals surface area contributed by atoms with Crippen molar-refractivity contribution in [3.8, 4) is 28.5 Å². The number of hydrogen-bond donors (Lipinski definition) is 0. The zero-order valence-electron chi connectivity index (χ0n) is 17.9. The number of oxazole rings is 1. The van der Waals surface area contributed by atoms with Crippen molar-refractivity contribution < 1.29 is 4.42 Å². The first-order chi connectivity index (χ1) is 15.7. The van der Waals surface area contributed by atoms with Gasteiger partial charge in [-0.1, -0.05) is 66.4 Å². The molecule has 5 nitrogen and oxygen atoms in total. The van der Waals surface area contributed by atoms with Crippen LogP contribution in [0.1, 0.15) is 16.8 Å². The van der Waals surface area contributed by atoms with Crippen LogP contribution in [0.4, 0.5) is 0 Å². The van der Waals surface area contributed by atoms with E-state index in [1.54, 1.807) is 18.0 Å². The second kappa shape index (κ2) is 8.85. The molecule has 5 rings (SSSR count). The third-order valence-corrected chi connectivity index (χ3v) is 6.30. The highest BCUT2D eigenvalue weighted by Gasteiger charge is 2.17. The van der Waals surface area contributed by atoms with E-state index in [9.17, 15) is 0 Å². The third kappa shape index (κ3) is 4.09. The molecule has 158 valence electrons. The highest BCUT2D eigenvalue weighted by atomic mass is 32.2. The molecule has 0 aliphatic carbocycles. The number of hydrogen-bond acceptors (Lipinski definition) is 5. The fourth-order valence-corrected chi connectivity index (χ4v) is 4.29. The van der Waals surface area contributed by atoms with Gasteiger partial charge in [0.15, 0.2) is 11.0 Å². The number of aryl methyl sites for hydroxylation is 2. The van der Waals surface area contributed by atoms with Crippen molar-refractivity contribution in [3.05, 3.63) is 102 Å². The normalized spacial score (nSPS) is 11.1. The molecule has 0 radical (unpaired) electrons. The molecule has 0 saturated heterocycles. The SMILES string of the molecule is Cc1ccc(-n2c(SCc3coc(-c4ccccc4)n3)nnc2-c2ccccc2)cc1C. The van der Waals surface area contributed by atoms with E-state index < -0.39 is 0 Å². The summed E-state index contributed by atoms with van der Waals surface area (Å²) in [5.41, 5.74) is 6.39. The number of thioether (sulfide) groups is 1. The summed E-state index contributed by atoms with van der Waals surface area (Å²) in [7, 11) is 0. The zero-order chi connectivity index (χ0) is 21.9. The Morgan fingerprint density at radius 3 is 2.25 bits per heavy atom. The summed E-state index contributed by atoms with van der Waals surface area (Å²) in [4.78, 5) is 4.64. The largest absolute Gasteiger partial charge is 0.444 e. The molecule has 0 bridgehead atoms. The lowest BCUT2D eigenvalue weighted by Crippen LogP contribution is -2.01. The van der Waals surface area contributed by atoms with Gasteiger partial charge >= 0.3 is 0 Å². The summed E-state index contributed by atoms with van der Waals surface area (Å²) in [6.45, 7) is 4.24. The van der Waals surface area contributed by atoms with Crippen LogP contribution >= 0.6 is 11.8 Å². The lowest BCUT2D eigenvalue weighted by molar-refractivity contribution is 0.573. The molecular weight excluding hydrogens is 416 g/mol. The Labute approximate surface area is 191 Å². The Kier molecular flexibility index (Phi) is 5.60. The number of aromatic nitrogens is 4. The molecule has 5 aromatic rings. The topological polar surface area (TPSA) is 56.7 Å². The molecule has 6 heteroatoms. The van der Waals surface area contributed by atoms with Gasteiger partial charge in [-0.05, 0) is 49.2 Å². The molecule has 0 unspecified atom stereocenters. The minimum atomic E-state index is 0.627. The molecule has 0 aliphatic heterocycles. The quantitative estimate of drug-likeness (QED) is 0.283. The van der Waals surface area contributed by atoms with Crippen molar-refractivity contribution in [1.82, 2.24) is 19.7 Å². The molecule has 0 fully saturated rings. The van der Waals surface area contributed by atoms with Crippen LogP contribution in [-0.2, 0) is 5.75 Å². The molecule has 0 N–H and O–H groups in total. The Bertz CT molecular complexity index is 1340. The smallest absolute Gasteiger partial charge is 0.226 e. The van der Waals surface area contributed by atoms with Crippen LogP contribution in [-0.4, -0.2) is 19.7 Å². The lowest BCUT2D eigenvalue weighted by Gasteiger charge is -2.12. The van der Waals surface area contributed by atoms with E-state index >= 15 is 0 Å². The molecule has 0 spiro atoms. The average Bonchev–Trinajstić information content (AvgIpc) is 3.48. The van der Waals surface area contributed by atoms with Crippen LogP contribution in [0, 0.1) is 13.8 Å². The van der Waals surface area contributed by atoms with Gasteiger partial charge in [0.05, 0.1) is 11.4 Å². The zero-order valence-corrected chi connectivity index (χ0v) is 18.7. The fourth-order valence-electron chi connectivity index (χ4n) is 3.46. The Hall–Kier alpha value is -3.64.